The molecular formula is C16H18O2. The number of hydrogen-bond acceptors (Lipinski definition) is 2. The Morgan fingerprint density at radius 1 is 1.17 bits per heavy atom. The van der Waals surface area contributed by atoms with Crippen LogP contribution in [0.1, 0.15) is 18.4 Å². The van der Waals surface area contributed by atoms with Crippen molar-refractivity contribution >= 4 is 10.8 Å². The van der Waals surface area contributed by atoms with Gasteiger partial charge < -0.3 is 9.84 Å². The molecule has 0 spiro atoms. The van der Waals surface area contributed by atoms with Gasteiger partial charge in [0.2, 0.25) is 0 Å². The van der Waals surface area contributed by atoms with E-state index in [1.54, 1.807) is 7.11 Å². The van der Waals surface area contributed by atoms with E-state index in [0.29, 0.717) is 12.5 Å². The Kier molecular flexibility index (Phi) is 2.84. The first kappa shape index (κ1) is 11.7. The highest BCUT2D eigenvalue weighted by atomic mass is 16.5. The average molecular weight is 242 g/mol. The predicted molar refractivity (Wildman–Crippen MR) is 72.4 cm³/mol. The van der Waals surface area contributed by atoms with E-state index in [2.05, 4.69) is 18.2 Å². The van der Waals surface area contributed by atoms with E-state index in [-0.39, 0.29) is 0 Å². The van der Waals surface area contributed by atoms with Crippen LogP contribution in [0.4, 0.5) is 0 Å². The van der Waals surface area contributed by atoms with Gasteiger partial charge in [-0.25, -0.2) is 0 Å². The first-order chi connectivity index (χ1) is 8.75. The van der Waals surface area contributed by atoms with Crippen LogP contribution in [0.25, 0.3) is 10.8 Å². The first-order valence-electron chi connectivity index (χ1n) is 6.45. The van der Waals surface area contributed by atoms with Crippen molar-refractivity contribution in [2.45, 2.75) is 18.4 Å². The molecule has 0 saturated heterocycles. The molecule has 2 nitrogen and oxygen atoms in total. The third-order valence-electron chi connectivity index (χ3n) is 3.87. The van der Waals surface area contributed by atoms with Crippen molar-refractivity contribution in [2.75, 3.05) is 13.7 Å². The summed E-state index contributed by atoms with van der Waals surface area (Å²) in [5.74, 6) is 0.336. The van der Waals surface area contributed by atoms with Crippen molar-refractivity contribution in [3.8, 4) is 0 Å². The maximum absolute atomic E-state index is 11.0. The van der Waals surface area contributed by atoms with Crippen LogP contribution in [0, 0.1) is 5.92 Å². The molecule has 1 saturated carbocycles. The number of fused-ring (bicyclic) bond motifs is 1. The Morgan fingerprint density at radius 2 is 1.89 bits per heavy atom. The van der Waals surface area contributed by atoms with Gasteiger partial charge in [-0.2, -0.15) is 0 Å². The van der Waals surface area contributed by atoms with Crippen LogP contribution in [0.5, 0.6) is 0 Å². The fourth-order valence-corrected chi connectivity index (χ4v) is 2.80. The zero-order valence-electron chi connectivity index (χ0n) is 10.6. The summed E-state index contributed by atoms with van der Waals surface area (Å²) in [6, 6.07) is 14.3. The van der Waals surface area contributed by atoms with Gasteiger partial charge in [0, 0.05) is 7.11 Å². The van der Waals surface area contributed by atoms with Crippen molar-refractivity contribution in [3.63, 3.8) is 0 Å². The minimum Gasteiger partial charge on any atom is -0.382 e. The summed E-state index contributed by atoms with van der Waals surface area (Å²) in [5, 5.41) is 13.3. The fraction of sp³-hybridized carbons (Fsp3) is 0.375. The van der Waals surface area contributed by atoms with Crippen LogP contribution in [0.15, 0.2) is 42.5 Å². The second-order valence-corrected chi connectivity index (χ2v) is 5.16. The van der Waals surface area contributed by atoms with E-state index in [9.17, 15) is 5.11 Å². The zero-order chi connectivity index (χ0) is 12.6. The molecule has 0 amide bonds. The molecule has 1 N–H and O–H groups in total. The lowest BCUT2D eigenvalue weighted by atomic mass is 9.86. The van der Waals surface area contributed by atoms with E-state index < -0.39 is 5.60 Å². The molecule has 0 aromatic heterocycles. The lowest BCUT2D eigenvalue weighted by molar-refractivity contribution is -0.0521. The molecule has 1 aliphatic rings. The topological polar surface area (TPSA) is 29.5 Å². The largest absolute Gasteiger partial charge is 0.382 e. The third kappa shape index (κ3) is 1.82. The molecule has 2 heteroatoms. The van der Waals surface area contributed by atoms with E-state index >= 15 is 0 Å². The minimum atomic E-state index is -0.838. The van der Waals surface area contributed by atoms with Crippen LogP contribution < -0.4 is 0 Å². The number of aliphatic hydroxyl groups is 1. The summed E-state index contributed by atoms with van der Waals surface area (Å²) in [6.45, 7) is 0.367. The normalized spacial score (nSPS) is 18.8. The quantitative estimate of drug-likeness (QED) is 0.892. The van der Waals surface area contributed by atoms with Gasteiger partial charge in [-0.1, -0.05) is 42.5 Å². The predicted octanol–water partition coefficient (Wildman–Crippen LogP) is 3.08. The van der Waals surface area contributed by atoms with Crippen LogP contribution in [0.2, 0.25) is 0 Å². The van der Waals surface area contributed by atoms with Gasteiger partial charge in [0.15, 0.2) is 0 Å². The fourth-order valence-electron chi connectivity index (χ4n) is 2.80. The van der Waals surface area contributed by atoms with E-state index in [1.165, 1.54) is 5.39 Å². The number of benzene rings is 2. The number of ether oxygens (including phenoxy) is 1. The molecule has 94 valence electrons. The molecule has 2 aromatic carbocycles. The van der Waals surface area contributed by atoms with E-state index in [0.717, 1.165) is 23.8 Å². The molecular weight excluding hydrogens is 224 g/mol. The average Bonchev–Trinajstić information content (AvgIpc) is 3.23. The van der Waals surface area contributed by atoms with Crippen LogP contribution in [-0.4, -0.2) is 18.8 Å². The maximum Gasteiger partial charge on any atom is 0.116 e. The highest BCUT2D eigenvalue weighted by Gasteiger charge is 2.45. The lowest BCUT2D eigenvalue weighted by Crippen LogP contribution is -2.33. The van der Waals surface area contributed by atoms with Crippen molar-refractivity contribution in [2.24, 2.45) is 5.92 Å². The molecule has 0 bridgehead atoms. The van der Waals surface area contributed by atoms with Crippen molar-refractivity contribution in [1.82, 2.24) is 0 Å². The number of rotatable bonds is 4. The summed E-state index contributed by atoms with van der Waals surface area (Å²) in [5.41, 5.74) is 0.167. The molecule has 1 aliphatic carbocycles. The SMILES string of the molecule is COCC(O)(c1cccc2ccccc12)C1CC1. The molecule has 3 rings (SSSR count). The molecule has 0 heterocycles. The summed E-state index contributed by atoms with van der Waals surface area (Å²) < 4.78 is 5.26. The molecule has 1 fully saturated rings. The molecule has 1 atom stereocenters. The van der Waals surface area contributed by atoms with Gasteiger partial charge in [0.25, 0.3) is 0 Å². The molecule has 2 aromatic rings. The van der Waals surface area contributed by atoms with Gasteiger partial charge >= 0.3 is 0 Å². The third-order valence-corrected chi connectivity index (χ3v) is 3.87. The summed E-state index contributed by atoms with van der Waals surface area (Å²) >= 11 is 0. The molecule has 0 radical (unpaired) electrons. The standard InChI is InChI=1S/C16H18O2/c1-18-11-16(17,13-9-10-13)15-8-4-6-12-5-2-3-7-14(12)15/h2-8,13,17H,9-11H2,1H3. The minimum absolute atomic E-state index is 0.336. The van der Waals surface area contributed by atoms with Crippen LogP contribution >= 0.6 is 0 Å². The van der Waals surface area contributed by atoms with E-state index in [1.807, 2.05) is 24.3 Å². The summed E-state index contributed by atoms with van der Waals surface area (Å²) in [4.78, 5) is 0. The Hall–Kier alpha value is -1.38. The molecule has 18 heavy (non-hydrogen) atoms. The zero-order valence-corrected chi connectivity index (χ0v) is 10.6. The molecule has 1 unspecified atom stereocenters. The van der Waals surface area contributed by atoms with Crippen LogP contribution in [-0.2, 0) is 10.3 Å². The highest BCUT2D eigenvalue weighted by molar-refractivity contribution is 5.86. The lowest BCUT2D eigenvalue weighted by Gasteiger charge is -2.29. The summed E-state index contributed by atoms with van der Waals surface area (Å²) in [6.07, 6.45) is 2.17. The Bertz CT molecular complexity index is 555. The van der Waals surface area contributed by atoms with Gasteiger partial charge in [-0.3, -0.25) is 0 Å². The Labute approximate surface area is 107 Å². The second-order valence-electron chi connectivity index (χ2n) is 5.16. The first-order valence-corrected chi connectivity index (χ1v) is 6.45. The maximum atomic E-state index is 11.0. The van der Waals surface area contributed by atoms with Gasteiger partial charge in [-0.05, 0) is 35.1 Å². The Morgan fingerprint density at radius 3 is 2.61 bits per heavy atom. The number of methoxy groups -OCH3 is 1. The van der Waals surface area contributed by atoms with Gasteiger partial charge in [0.05, 0.1) is 6.61 Å². The molecule has 0 aliphatic heterocycles. The van der Waals surface area contributed by atoms with Gasteiger partial charge in [0.1, 0.15) is 5.60 Å². The van der Waals surface area contributed by atoms with Gasteiger partial charge in [-0.15, -0.1) is 0 Å². The highest BCUT2D eigenvalue weighted by Crippen LogP contribution is 2.47. The van der Waals surface area contributed by atoms with Crippen LogP contribution in [0.3, 0.4) is 0 Å². The van der Waals surface area contributed by atoms with Crippen molar-refractivity contribution in [1.29, 1.82) is 0 Å². The monoisotopic (exact) mass is 242 g/mol. The van der Waals surface area contributed by atoms with E-state index in [4.69, 9.17) is 4.74 Å². The number of hydrogen-bond donors (Lipinski definition) is 1. The summed E-state index contributed by atoms with van der Waals surface area (Å²) in [7, 11) is 1.65. The van der Waals surface area contributed by atoms with Crippen molar-refractivity contribution in [3.05, 3.63) is 48.0 Å². The smallest absolute Gasteiger partial charge is 0.116 e. The van der Waals surface area contributed by atoms with Crippen molar-refractivity contribution < 1.29 is 9.84 Å². The Balaban J connectivity index is 2.17. The second kappa shape index (κ2) is 4.38.